The van der Waals surface area contributed by atoms with E-state index in [4.69, 9.17) is 4.74 Å². The number of hydrogen-bond donors (Lipinski definition) is 1. The highest BCUT2D eigenvalue weighted by Gasteiger charge is 2.23. The fourth-order valence-electron chi connectivity index (χ4n) is 3.83. The first-order valence-electron chi connectivity index (χ1n) is 10.8. The number of nitrogens with one attached hydrogen (secondary N) is 1. The first-order valence-corrected chi connectivity index (χ1v) is 12.3. The molecule has 1 aliphatic carbocycles. The van der Waals surface area contributed by atoms with Crippen LogP contribution in [0, 0.1) is 13.8 Å². The molecule has 1 amide bonds. The van der Waals surface area contributed by atoms with Gasteiger partial charge in [0.25, 0.3) is 15.9 Å². The molecule has 168 valence electrons. The number of sulfonamides is 1. The molecule has 0 unspecified atom stereocenters. The normalized spacial score (nSPS) is 14.5. The Balaban J connectivity index is 1.58. The van der Waals surface area contributed by atoms with Crippen molar-refractivity contribution < 1.29 is 17.9 Å². The number of anilines is 1. The van der Waals surface area contributed by atoms with Gasteiger partial charge in [-0.2, -0.15) is 0 Å². The van der Waals surface area contributed by atoms with Crippen LogP contribution in [-0.4, -0.2) is 40.6 Å². The van der Waals surface area contributed by atoms with Gasteiger partial charge in [-0.1, -0.05) is 30.5 Å². The highest BCUT2D eigenvalue weighted by Crippen LogP contribution is 2.26. The molecule has 1 aliphatic rings. The van der Waals surface area contributed by atoms with Gasteiger partial charge in [0.2, 0.25) is 0 Å². The Morgan fingerprint density at radius 2 is 1.77 bits per heavy atom. The lowest BCUT2D eigenvalue weighted by Crippen LogP contribution is -2.28. The van der Waals surface area contributed by atoms with E-state index in [-0.39, 0.29) is 10.8 Å². The van der Waals surface area contributed by atoms with Gasteiger partial charge < -0.3 is 10.1 Å². The number of carbonyl (C=O) groups excluding carboxylic acids is 1. The summed E-state index contributed by atoms with van der Waals surface area (Å²) in [6.45, 7) is 4.93. The standard InChI is InChI=1S/C24H32N2O4S/c1-18-9-12-22(13-10-18)31(28,29)26(3)23-14-11-20(17-19(23)2)24(27)25-15-6-16-30-21-7-4-5-8-21/h9-14,17,21H,4-8,15-16H2,1-3H3,(H,25,27). The van der Waals surface area contributed by atoms with E-state index in [0.29, 0.717) is 30.5 Å². The number of nitrogens with zero attached hydrogens (tertiary/aromatic N) is 1. The number of aryl methyl sites for hydroxylation is 2. The predicted molar refractivity (Wildman–Crippen MR) is 123 cm³/mol. The van der Waals surface area contributed by atoms with Crippen LogP contribution in [0.5, 0.6) is 0 Å². The van der Waals surface area contributed by atoms with Gasteiger partial charge in [0.05, 0.1) is 16.7 Å². The van der Waals surface area contributed by atoms with Crippen LogP contribution in [0.1, 0.15) is 53.6 Å². The van der Waals surface area contributed by atoms with E-state index in [1.54, 1.807) is 42.5 Å². The molecule has 0 radical (unpaired) electrons. The van der Waals surface area contributed by atoms with Crippen molar-refractivity contribution in [2.24, 2.45) is 0 Å². The van der Waals surface area contributed by atoms with Gasteiger partial charge in [-0.15, -0.1) is 0 Å². The zero-order valence-corrected chi connectivity index (χ0v) is 19.4. The lowest BCUT2D eigenvalue weighted by atomic mass is 10.1. The highest BCUT2D eigenvalue weighted by atomic mass is 32.2. The molecule has 7 heteroatoms. The number of carbonyl (C=O) groups is 1. The molecular formula is C24H32N2O4S. The van der Waals surface area contributed by atoms with Crippen LogP contribution in [0.2, 0.25) is 0 Å². The fraction of sp³-hybridized carbons (Fsp3) is 0.458. The van der Waals surface area contributed by atoms with E-state index in [9.17, 15) is 13.2 Å². The third kappa shape index (κ3) is 5.86. The monoisotopic (exact) mass is 444 g/mol. The summed E-state index contributed by atoms with van der Waals surface area (Å²) >= 11 is 0. The summed E-state index contributed by atoms with van der Waals surface area (Å²) in [5.41, 5.74) is 2.77. The van der Waals surface area contributed by atoms with E-state index in [1.165, 1.54) is 24.2 Å². The lowest BCUT2D eigenvalue weighted by Gasteiger charge is -2.22. The van der Waals surface area contributed by atoms with Crippen molar-refractivity contribution in [1.82, 2.24) is 5.32 Å². The van der Waals surface area contributed by atoms with Crippen molar-refractivity contribution in [3.05, 3.63) is 59.2 Å². The van der Waals surface area contributed by atoms with E-state index in [0.717, 1.165) is 30.4 Å². The summed E-state index contributed by atoms with van der Waals surface area (Å²) in [6, 6.07) is 11.8. The van der Waals surface area contributed by atoms with Gasteiger partial charge in [-0.3, -0.25) is 9.10 Å². The molecule has 0 spiro atoms. The minimum atomic E-state index is -3.67. The second kappa shape index (κ2) is 10.3. The lowest BCUT2D eigenvalue weighted by molar-refractivity contribution is 0.0565. The maximum absolute atomic E-state index is 12.9. The SMILES string of the molecule is Cc1ccc(S(=O)(=O)N(C)c2ccc(C(=O)NCCCOC3CCCC3)cc2C)cc1. The van der Waals surface area contributed by atoms with Gasteiger partial charge in [0, 0.05) is 25.8 Å². The first-order chi connectivity index (χ1) is 14.8. The molecule has 1 fully saturated rings. The van der Waals surface area contributed by atoms with Crippen LogP contribution >= 0.6 is 0 Å². The first kappa shape index (κ1) is 23.3. The van der Waals surface area contributed by atoms with Crippen molar-refractivity contribution in [2.75, 3.05) is 24.5 Å². The molecule has 1 N–H and O–H groups in total. The van der Waals surface area contributed by atoms with Crippen LogP contribution in [0.4, 0.5) is 5.69 Å². The number of hydrogen-bond acceptors (Lipinski definition) is 4. The van der Waals surface area contributed by atoms with Crippen LogP contribution in [0.3, 0.4) is 0 Å². The number of benzene rings is 2. The summed E-state index contributed by atoms with van der Waals surface area (Å²) in [4.78, 5) is 12.7. The third-order valence-electron chi connectivity index (χ3n) is 5.74. The molecule has 6 nitrogen and oxygen atoms in total. The summed E-state index contributed by atoms with van der Waals surface area (Å²) in [5.74, 6) is -0.167. The molecule has 0 aliphatic heterocycles. The van der Waals surface area contributed by atoms with E-state index < -0.39 is 10.0 Å². The van der Waals surface area contributed by atoms with Gasteiger partial charge >= 0.3 is 0 Å². The van der Waals surface area contributed by atoms with Crippen LogP contribution in [-0.2, 0) is 14.8 Å². The minimum absolute atomic E-state index is 0.167. The molecule has 0 aromatic heterocycles. The molecule has 0 atom stereocenters. The van der Waals surface area contributed by atoms with Gasteiger partial charge in [-0.25, -0.2) is 8.42 Å². The maximum atomic E-state index is 12.9. The predicted octanol–water partition coefficient (Wildman–Crippen LogP) is 4.21. The van der Waals surface area contributed by atoms with E-state index in [1.807, 2.05) is 13.8 Å². The molecule has 0 bridgehead atoms. The Labute approximate surface area is 185 Å². The summed E-state index contributed by atoms with van der Waals surface area (Å²) in [7, 11) is -2.14. The average Bonchev–Trinajstić information content (AvgIpc) is 3.26. The fourth-order valence-corrected chi connectivity index (χ4v) is 5.09. The third-order valence-corrected chi connectivity index (χ3v) is 7.53. The molecule has 3 rings (SSSR count). The van der Waals surface area contributed by atoms with E-state index >= 15 is 0 Å². The molecule has 2 aromatic carbocycles. The van der Waals surface area contributed by atoms with Crippen molar-refractivity contribution in [3.63, 3.8) is 0 Å². The van der Waals surface area contributed by atoms with Gasteiger partial charge in [0.15, 0.2) is 0 Å². The Hall–Kier alpha value is -2.38. The molecule has 31 heavy (non-hydrogen) atoms. The summed E-state index contributed by atoms with van der Waals surface area (Å²) < 4.78 is 33.0. The van der Waals surface area contributed by atoms with Gasteiger partial charge in [0.1, 0.15) is 0 Å². The number of ether oxygens (including phenoxy) is 1. The Bertz CT molecular complexity index is 997. The largest absolute Gasteiger partial charge is 0.378 e. The van der Waals surface area contributed by atoms with Crippen molar-refractivity contribution in [3.8, 4) is 0 Å². The molecule has 0 heterocycles. The van der Waals surface area contributed by atoms with Crippen LogP contribution in [0.25, 0.3) is 0 Å². The Morgan fingerprint density at radius 3 is 2.42 bits per heavy atom. The summed E-state index contributed by atoms with van der Waals surface area (Å²) in [6.07, 6.45) is 5.95. The Morgan fingerprint density at radius 1 is 1.10 bits per heavy atom. The topological polar surface area (TPSA) is 75.7 Å². The zero-order valence-electron chi connectivity index (χ0n) is 18.6. The quantitative estimate of drug-likeness (QED) is 0.588. The molecule has 0 saturated heterocycles. The maximum Gasteiger partial charge on any atom is 0.264 e. The van der Waals surface area contributed by atoms with Crippen molar-refractivity contribution >= 4 is 21.6 Å². The average molecular weight is 445 g/mol. The summed E-state index contributed by atoms with van der Waals surface area (Å²) in [5, 5.41) is 2.91. The molecular weight excluding hydrogens is 412 g/mol. The van der Waals surface area contributed by atoms with Crippen LogP contribution in [0.15, 0.2) is 47.4 Å². The second-order valence-electron chi connectivity index (χ2n) is 8.17. The van der Waals surface area contributed by atoms with E-state index in [2.05, 4.69) is 5.32 Å². The Kier molecular flexibility index (Phi) is 7.73. The van der Waals surface area contributed by atoms with Crippen molar-refractivity contribution in [2.45, 2.75) is 57.0 Å². The second-order valence-corrected chi connectivity index (χ2v) is 10.1. The highest BCUT2D eigenvalue weighted by molar-refractivity contribution is 7.92. The van der Waals surface area contributed by atoms with Crippen LogP contribution < -0.4 is 9.62 Å². The number of rotatable bonds is 9. The minimum Gasteiger partial charge on any atom is -0.378 e. The molecule has 2 aromatic rings. The smallest absolute Gasteiger partial charge is 0.264 e. The molecule has 1 saturated carbocycles. The number of amides is 1. The van der Waals surface area contributed by atoms with Crippen molar-refractivity contribution in [1.29, 1.82) is 0 Å². The zero-order chi connectivity index (χ0) is 22.4. The van der Waals surface area contributed by atoms with Gasteiger partial charge in [-0.05, 0) is 69.0 Å².